The van der Waals surface area contributed by atoms with Gasteiger partial charge in [-0.05, 0) is 61.4 Å². The zero-order valence-corrected chi connectivity index (χ0v) is 18.4. The van der Waals surface area contributed by atoms with E-state index in [0.717, 1.165) is 0 Å². The van der Waals surface area contributed by atoms with Crippen LogP contribution >= 0.6 is 0 Å². The van der Waals surface area contributed by atoms with Gasteiger partial charge in [-0.1, -0.05) is 0 Å². The third kappa shape index (κ3) is 11.8. The number of carboxylic acid groups (broad SMARTS) is 2. The summed E-state index contributed by atoms with van der Waals surface area (Å²) in [6.45, 7) is 1.41. The van der Waals surface area contributed by atoms with Gasteiger partial charge in [0.25, 0.3) is 0 Å². The first-order valence-electron chi connectivity index (χ1n) is 10.3. The molecule has 2 rings (SSSR count). The molecular weight excluding hydrogens is 428 g/mol. The monoisotopic (exact) mass is 456 g/mol. The summed E-state index contributed by atoms with van der Waals surface area (Å²) in [6.07, 6.45) is 1.21. The van der Waals surface area contributed by atoms with E-state index >= 15 is 0 Å². The molecule has 2 aromatic rings. The molecule has 0 aliphatic heterocycles. The fourth-order valence-corrected chi connectivity index (χ4v) is 2.70. The maximum atomic E-state index is 11.7. The van der Waals surface area contributed by atoms with Crippen LogP contribution in [0.2, 0.25) is 0 Å². The predicted octanol–water partition coefficient (Wildman–Crippen LogP) is 3.79. The first kappa shape index (κ1) is 27.0. The van der Waals surface area contributed by atoms with Gasteiger partial charge in [-0.2, -0.15) is 0 Å². The van der Waals surface area contributed by atoms with Crippen molar-refractivity contribution in [1.29, 1.82) is 0 Å². The number of carbonyl (C=O) groups is 5. The van der Waals surface area contributed by atoms with E-state index in [1.54, 1.807) is 48.5 Å². The minimum absolute atomic E-state index is 0.00425. The van der Waals surface area contributed by atoms with Crippen molar-refractivity contribution < 1.29 is 34.2 Å². The molecule has 9 heteroatoms. The zero-order chi connectivity index (χ0) is 24.8. The molecular formula is C24H28N2O7. The lowest BCUT2D eigenvalue weighted by Gasteiger charge is -2.03. The Hall–Kier alpha value is -4.01. The van der Waals surface area contributed by atoms with Crippen LogP contribution in [0.1, 0.15) is 66.2 Å². The second-order valence-electron chi connectivity index (χ2n) is 7.22. The van der Waals surface area contributed by atoms with Crippen molar-refractivity contribution >= 4 is 40.8 Å². The number of rotatable bonds is 11. The SMILES string of the molecule is CC(=O)Nc1ccc(C(=O)CCCC(=O)O)cc1.Nc1ccc(C(=O)CCCC(=O)O)cc1. The van der Waals surface area contributed by atoms with Gasteiger partial charge in [0.15, 0.2) is 11.6 Å². The smallest absolute Gasteiger partial charge is 0.303 e. The molecule has 0 fully saturated rings. The van der Waals surface area contributed by atoms with Crippen LogP contribution < -0.4 is 11.1 Å². The molecule has 0 aliphatic rings. The van der Waals surface area contributed by atoms with Crippen LogP contribution in [0.3, 0.4) is 0 Å². The van der Waals surface area contributed by atoms with Gasteiger partial charge in [-0.3, -0.25) is 24.0 Å². The Balaban J connectivity index is 0.000000335. The average Bonchev–Trinajstić information content (AvgIpc) is 2.74. The number of carboxylic acids is 2. The van der Waals surface area contributed by atoms with Gasteiger partial charge < -0.3 is 21.3 Å². The average molecular weight is 456 g/mol. The van der Waals surface area contributed by atoms with E-state index in [9.17, 15) is 24.0 Å². The third-order valence-electron chi connectivity index (χ3n) is 4.35. The summed E-state index contributed by atoms with van der Waals surface area (Å²) in [5.41, 5.74) is 7.82. The quantitative estimate of drug-likeness (QED) is 0.293. The predicted molar refractivity (Wildman–Crippen MR) is 123 cm³/mol. The molecule has 5 N–H and O–H groups in total. The lowest BCUT2D eigenvalue weighted by atomic mass is 10.1. The number of Topliss-reactive ketones (excluding diaryl/α,β-unsaturated/α-hetero) is 2. The minimum Gasteiger partial charge on any atom is -0.481 e. The standard InChI is InChI=1S/C13H15NO4.C11H13NO3/c1-9(15)14-11-7-5-10(6-8-11)12(16)3-2-4-13(17)18;12-9-6-4-8(5-7-9)10(13)2-1-3-11(14)15/h5-8H,2-4H2,1H3,(H,14,15)(H,17,18);4-7H,1-3,12H2,(H,14,15). The van der Waals surface area contributed by atoms with Crippen LogP contribution in [0.15, 0.2) is 48.5 Å². The van der Waals surface area contributed by atoms with Gasteiger partial charge in [-0.25, -0.2) is 0 Å². The molecule has 0 spiro atoms. The van der Waals surface area contributed by atoms with Crippen molar-refractivity contribution in [3.63, 3.8) is 0 Å². The van der Waals surface area contributed by atoms with Crippen LogP contribution in [0.4, 0.5) is 11.4 Å². The largest absolute Gasteiger partial charge is 0.481 e. The molecule has 0 aliphatic carbocycles. The Morgan fingerprint density at radius 2 is 1.09 bits per heavy atom. The molecule has 0 saturated carbocycles. The van der Waals surface area contributed by atoms with E-state index in [-0.39, 0.29) is 43.2 Å². The number of carbonyl (C=O) groups excluding carboxylic acids is 3. The molecule has 0 radical (unpaired) electrons. The van der Waals surface area contributed by atoms with E-state index in [1.165, 1.54) is 6.92 Å². The number of anilines is 2. The van der Waals surface area contributed by atoms with Crippen LogP contribution in [0.25, 0.3) is 0 Å². The number of ketones is 2. The second-order valence-corrected chi connectivity index (χ2v) is 7.22. The maximum absolute atomic E-state index is 11.7. The first-order chi connectivity index (χ1) is 15.6. The molecule has 0 unspecified atom stereocenters. The molecule has 176 valence electrons. The minimum atomic E-state index is -0.899. The molecule has 1 amide bonds. The van der Waals surface area contributed by atoms with Crippen molar-refractivity contribution in [2.45, 2.75) is 45.4 Å². The molecule has 0 atom stereocenters. The summed E-state index contributed by atoms with van der Waals surface area (Å²) >= 11 is 0. The van der Waals surface area contributed by atoms with Crippen LogP contribution in [-0.2, 0) is 14.4 Å². The third-order valence-corrected chi connectivity index (χ3v) is 4.35. The number of amides is 1. The van der Waals surface area contributed by atoms with Crippen molar-refractivity contribution in [2.24, 2.45) is 0 Å². The molecule has 0 aromatic heterocycles. The molecule has 0 saturated heterocycles. The van der Waals surface area contributed by atoms with E-state index < -0.39 is 11.9 Å². The summed E-state index contributed by atoms with van der Waals surface area (Å²) < 4.78 is 0. The lowest BCUT2D eigenvalue weighted by molar-refractivity contribution is -0.138. The number of nitrogens with two attached hydrogens (primary N) is 1. The Morgan fingerprint density at radius 1 is 0.697 bits per heavy atom. The highest BCUT2D eigenvalue weighted by Crippen LogP contribution is 2.13. The van der Waals surface area contributed by atoms with Crippen molar-refractivity contribution in [3.05, 3.63) is 59.7 Å². The Labute approximate surface area is 191 Å². The topological polar surface area (TPSA) is 164 Å². The lowest BCUT2D eigenvalue weighted by Crippen LogP contribution is -2.06. The second kappa shape index (κ2) is 14.1. The summed E-state index contributed by atoms with van der Waals surface area (Å²) in [4.78, 5) is 54.5. The van der Waals surface area contributed by atoms with E-state index in [4.69, 9.17) is 15.9 Å². The highest BCUT2D eigenvalue weighted by Gasteiger charge is 2.08. The van der Waals surface area contributed by atoms with Crippen LogP contribution in [0.5, 0.6) is 0 Å². The molecule has 2 aromatic carbocycles. The fourth-order valence-electron chi connectivity index (χ4n) is 2.70. The number of hydrogen-bond acceptors (Lipinski definition) is 6. The highest BCUT2D eigenvalue weighted by atomic mass is 16.4. The first-order valence-corrected chi connectivity index (χ1v) is 10.3. The number of hydrogen-bond donors (Lipinski definition) is 4. The van der Waals surface area contributed by atoms with Gasteiger partial charge in [-0.15, -0.1) is 0 Å². The number of aliphatic carboxylic acids is 2. The number of nitrogen functional groups attached to an aromatic ring is 1. The van der Waals surface area contributed by atoms with E-state index in [0.29, 0.717) is 35.3 Å². The Morgan fingerprint density at radius 3 is 1.45 bits per heavy atom. The summed E-state index contributed by atoms with van der Waals surface area (Å²) in [7, 11) is 0. The van der Waals surface area contributed by atoms with Gasteiger partial charge >= 0.3 is 11.9 Å². The van der Waals surface area contributed by atoms with Crippen LogP contribution in [0, 0.1) is 0 Å². The molecule has 0 heterocycles. The van der Waals surface area contributed by atoms with E-state index in [2.05, 4.69) is 5.32 Å². The summed E-state index contributed by atoms with van der Waals surface area (Å²) in [6, 6.07) is 13.1. The van der Waals surface area contributed by atoms with Crippen molar-refractivity contribution in [1.82, 2.24) is 0 Å². The van der Waals surface area contributed by atoms with Gasteiger partial charge in [0.1, 0.15) is 0 Å². The maximum Gasteiger partial charge on any atom is 0.303 e. The van der Waals surface area contributed by atoms with Gasteiger partial charge in [0.05, 0.1) is 0 Å². The zero-order valence-electron chi connectivity index (χ0n) is 18.4. The Bertz CT molecular complexity index is 967. The molecule has 9 nitrogen and oxygen atoms in total. The normalized spacial score (nSPS) is 9.85. The van der Waals surface area contributed by atoms with E-state index in [1.807, 2.05) is 0 Å². The van der Waals surface area contributed by atoms with Crippen molar-refractivity contribution in [3.8, 4) is 0 Å². The summed E-state index contributed by atoms with van der Waals surface area (Å²) in [5.74, 6) is -2.08. The fraction of sp³-hybridized carbons (Fsp3) is 0.292. The number of nitrogens with one attached hydrogen (secondary N) is 1. The van der Waals surface area contributed by atoms with Crippen LogP contribution in [-0.4, -0.2) is 39.6 Å². The van der Waals surface area contributed by atoms with Gasteiger partial charge in [0, 0.05) is 55.1 Å². The molecule has 0 bridgehead atoms. The number of benzene rings is 2. The molecule has 33 heavy (non-hydrogen) atoms. The van der Waals surface area contributed by atoms with Crippen molar-refractivity contribution in [2.75, 3.05) is 11.1 Å². The van der Waals surface area contributed by atoms with Gasteiger partial charge in [0.2, 0.25) is 5.91 Å². The summed E-state index contributed by atoms with van der Waals surface area (Å²) in [5, 5.41) is 19.5. The Kier molecular flexibility index (Phi) is 11.6. The highest BCUT2D eigenvalue weighted by molar-refractivity contribution is 5.97.